The Labute approximate surface area is 181 Å². The summed E-state index contributed by atoms with van der Waals surface area (Å²) in [5.41, 5.74) is 2.67. The van der Waals surface area contributed by atoms with Crippen LogP contribution in [0.15, 0.2) is 55.0 Å². The van der Waals surface area contributed by atoms with Crippen molar-refractivity contribution in [3.05, 3.63) is 87.5 Å². The molecule has 0 fully saturated rings. The van der Waals surface area contributed by atoms with Gasteiger partial charge in [-0.25, -0.2) is 9.37 Å². The molecular weight excluding hydrogens is 425 g/mol. The van der Waals surface area contributed by atoms with Crippen LogP contribution in [-0.4, -0.2) is 25.7 Å². The maximum absolute atomic E-state index is 14.0. The lowest BCUT2D eigenvalue weighted by Crippen LogP contribution is -2.22. The Morgan fingerprint density at radius 2 is 2.17 bits per heavy atom. The van der Waals surface area contributed by atoms with Crippen molar-refractivity contribution >= 4 is 28.8 Å². The van der Waals surface area contributed by atoms with Gasteiger partial charge in [-0.15, -0.1) is 11.3 Å². The van der Waals surface area contributed by atoms with Gasteiger partial charge < -0.3 is 5.32 Å². The second-order valence-corrected chi connectivity index (χ2v) is 8.05. The summed E-state index contributed by atoms with van der Waals surface area (Å²) in [5.74, 6) is -0.569. The maximum Gasteiger partial charge on any atom is 0.263 e. The van der Waals surface area contributed by atoms with Gasteiger partial charge >= 0.3 is 0 Å². The SMILES string of the molecule is Cc1nc(-c2ccn(Cc3ccc(Cl)cc3F)n2)sc1C(=O)NCc1cccnc1. The zero-order valence-electron chi connectivity index (χ0n) is 16.0. The van der Waals surface area contributed by atoms with Gasteiger partial charge in [0.1, 0.15) is 21.4 Å². The van der Waals surface area contributed by atoms with Gasteiger partial charge in [0, 0.05) is 35.7 Å². The first kappa shape index (κ1) is 20.2. The third kappa shape index (κ3) is 4.55. The maximum atomic E-state index is 14.0. The van der Waals surface area contributed by atoms with Gasteiger partial charge in [-0.05, 0) is 36.8 Å². The summed E-state index contributed by atoms with van der Waals surface area (Å²) in [4.78, 5) is 21.6. The fourth-order valence-corrected chi connectivity index (χ4v) is 3.98. The van der Waals surface area contributed by atoms with E-state index in [9.17, 15) is 9.18 Å². The van der Waals surface area contributed by atoms with Crippen molar-refractivity contribution in [1.82, 2.24) is 25.1 Å². The molecule has 1 amide bonds. The van der Waals surface area contributed by atoms with E-state index in [2.05, 4.69) is 20.4 Å². The highest BCUT2D eigenvalue weighted by atomic mass is 35.5. The molecule has 0 bridgehead atoms. The monoisotopic (exact) mass is 441 g/mol. The molecule has 4 aromatic rings. The first-order valence-electron chi connectivity index (χ1n) is 9.12. The van der Waals surface area contributed by atoms with Crippen molar-refractivity contribution in [3.8, 4) is 10.7 Å². The Hall–Kier alpha value is -3.10. The number of hydrogen-bond acceptors (Lipinski definition) is 5. The fourth-order valence-electron chi connectivity index (χ4n) is 2.87. The third-order valence-electron chi connectivity index (χ3n) is 4.39. The van der Waals surface area contributed by atoms with Crippen LogP contribution in [0.25, 0.3) is 10.7 Å². The Balaban J connectivity index is 1.47. The summed E-state index contributed by atoms with van der Waals surface area (Å²) in [6.07, 6.45) is 5.15. The number of halogens is 2. The Morgan fingerprint density at radius 3 is 2.93 bits per heavy atom. The zero-order valence-corrected chi connectivity index (χ0v) is 17.5. The van der Waals surface area contributed by atoms with Crippen LogP contribution in [0.2, 0.25) is 5.02 Å². The van der Waals surface area contributed by atoms with Crippen molar-refractivity contribution in [3.63, 3.8) is 0 Å². The molecule has 3 aromatic heterocycles. The van der Waals surface area contributed by atoms with Gasteiger partial charge in [-0.3, -0.25) is 14.5 Å². The molecule has 0 radical (unpaired) electrons. The van der Waals surface area contributed by atoms with E-state index in [0.717, 1.165) is 5.56 Å². The third-order valence-corrected chi connectivity index (χ3v) is 5.80. The van der Waals surface area contributed by atoms with E-state index in [4.69, 9.17) is 11.6 Å². The normalized spacial score (nSPS) is 10.9. The molecule has 0 atom stereocenters. The molecule has 152 valence electrons. The molecule has 1 aromatic carbocycles. The number of nitrogens with zero attached hydrogens (tertiary/aromatic N) is 4. The highest BCUT2D eigenvalue weighted by Crippen LogP contribution is 2.27. The molecule has 0 aliphatic heterocycles. The molecule has 1 N–H and O–H groups in total. The van der Waals surface area contributed by atoms with E-state index in [1.807, 2.05) is 12.1 Å². The molecule has 0 aliphatic carbocycles. The standard InChI is InChI=1S/C21H17ClFN5OS/c1-13-19(20(29)25-11-14-3-2-7-24-10-14)30-21(26-13)18-6-8-28(27-18)12-15-4-5-16(22)9-17(15)23/h2-10H,11-12H2,1H3,(H,25,29). The molecule has 0 spiro atoms. The van der Waals surface area contributed by atoms with Crippen LogP contribution in [0.5, 0.6) is 0 Å². The Bertz CT molecular complexity index is 1190. The minimum absolute atomic E-state index is 0.192. The smallest absolute Gasteiger partial charge is 0.263 e. The van der Waals surface area contributed by atoms with E-state index in [1.54, 1.807) is 48.4 Å². The molecule has 9 heteroatoms. The van der Waals surface area contributed by atoms with Crippen molar-refractivity contribution in [1.29, 1.82) is 0 Å². The molecule has 0 unspecified atom stereocenters. The Kier molecular flexibility index (Phi) is 5.87. The first-order chi connectivity index (χ1) is 14.5. The fraction of sp³-hybridized carbons (Fsp3) is 0.143. The van der Waals surface area contributed by atoms with Crippen LogP contribution >= 0.6 is 22.9 Å². The van der Waals surface area contributed by atoms with Gasteiger partial charge in [0.15, 0.2) is 0 Å². The molecular formula is C21H17ClFN5OS. The summed E-state index contributed by atoms with van der Waals surface area (Å²) in [6.45, 7) is 2.45. The molecule has 0 aliphatic rings. The van der Waals surface area contributed by atoms with Crippen molar-refractivity contribution < 1.29 is 9.18 Å². The topological polar surface area (TPSA) is 72.7 Å². The second-order valence-electron chi connectivity index (χ2n) is 6.61. The number of benzene rings is 1. The summed E-state index contributed by atoms with van der Waals surface area (Å²) < 4.78 is 15.6. The van der Waals surface area contributed by atoms with Gasteiger partial charge in [-0.2, -0.15) is 5.10 Å². The number of nitrogens with one attached hydrogen (secondary N) is 1. The van der Waals surface area contributed by atoms with Crippen LogP contribution in [0.4, 0.5) is 4.39 Å². The summed E-state index contributed by atoms with van der Waals surface area (Å²) >= 11 is 7.07. The molecule has 0 saturated heterocycles. The summed E-state index contributed by atoms with van der Waals surface area (Å²) in [6, 6.07) is 10.1. The zero-order chi connectivity index (χ0) is 21.1. The quantitative estimate of drug-likeness (QED) is 0.478. The number of thiazole rings is 1. The number of carbonyl (C=O) groups excluding carboxylic acids is 1. The number of aryl methyl sites for hydroxylation is 1. The average molecular weight is 442 g/mol. The number of rotatable bonds is 6. The van der Waals surface area contributed by atoms with Crippen molar-refractivity contribution in [2.24, 2.45) is 0 Å². The molecule has 30 heavy (non-hydrogen) atoms. The summed E-state index contributed by atoms with van der Waals surface area (Å²) in [5, 5.41) is 8.34. The van der Waals surface area contributed by atoms with Gasteiger partial charge in [-0.1, -0.05) is 23.7 Å². The van der Waals surface area contributed by atoms with E-state index < -0.39 is 0 Å². The van der Waals surface area contributed by atoms with Crippen molar-refractivity contribution in [2.75, 3.05) is 0 Å². The van der Waals surface area contributed by atoms with Gasteiger partial charge in [0.05, 0.1) is 12.2 Å². The lowest BCUT2D eigenvalue weighted by Gasteiger charge is -2.04. The highest BCUT2D eigenvalue weighted by Gasteiger charge is 2.17. The molecule has 4 rings (SSSR count). The van der Waals surface area contributed by atoms with Gasteiger partial charge in [0.25, 0.3) is 5.91 Å². The van der Waals surface area contributed by atoms with Crippen LogP contribution < -0.4 is 5.32 Å². The highest BCUT2D eigenvalue weighted by molar-refractivity contribution is 7.17. The lowest BCUT2D eigenvalue weighted by molar-refractivity contribution is 0.0954. The van der Waals surface area contributed by atoms with Gasteiger partial charge in [0.2, 0.25) is 0 Å². The second kappa shape index (κ2) is 8.73. The van der Waals surface area contributed by atoms with E-state index in [-0.39, 0.29) is 18.3 Å². The average Bonchev–Trinajstić information content (AvgIpc) is 3.36. The van der Waals surface area contributed by atoms with Crippen LogP contribution in [-0.2, 0) is 13.1 Å². The van der Waals surface area contributed by atoms with Crippen LogP contribution in [0.1, 0.15) is 26.5 Å². The molecule has 0 saturated carbocycles. The predicted octanol–water partition coefficient (Wildman–Crippen LogP) is 4.48. The van der Waals surface area contributed by atoms with Crippen LogP contribution in [0.3, 0.4) is 0 Å². The lowest BCUT2D eigenvalue weighted by atomic mass is 10.2. The number of amides is 1. The number of hydrogen-bond donors (Lipinski definition) is 1. The largest absolute Gasteiger partial charge is 0.347 e. The number of carbonyl (C=O) groups is 1. The minimum Gasteiger partial charge on any atom is -0.347 e. The summed E-state index contributed by atoms with van der Waals surface area (Å²) in [7, 11) is 0. The van der Waals surface area contributed by atoms with Crippen LogP contribution in [0, 0.1) is 12.7 Å². The molecule has 6 nitrogen and oxygen atoms in total. The van der Waals surface area contributed by atoms with E-state index in [1.165, 1.54) is 17.4 Å². The molecule has 3 heterocycles. The number of pyridine rings is 1. The van der Waals surface area contributed by atoms with Crippen molar-refractivity contribution in [2.45, 2.75) is 20.0 Å². The predicted molar refractivity (Wildman–Crippen MR) is 114 cm³/mol. The first-order valence-corrected chi connectivity index (χ1v) is 10.3. The van der Waals surface area contributed by atoms with E-state index in [0.29, 0.717) is 38.4 Å². The number of aromatic nitrogens is 4. The van der Waals surface area contributed by atoms with E-state index >= 15 is 0 Å². The Morgan fingerprint density at radius 1 is 1.30 bits per heavy atom. The minimum atomic E-state index is -0.378.